The Morgan fingerprint density at radius 2 is 2.37 bits per heavy atom. The summed E-state index contributed by atoms with van der Waals surface area (Å²) in [5.74, 6) is -1.15. The Balaban J connectivity index is 2.20. The number of carboxylic acids is 1. The second kappa shape index (κ2) is 5.90. The van der Waals surface area contributed by atoms with Gasteiger partial charge in [-0.15, -0.1) is 11.3 Å². The van der Waals surface area contributed by atoms with Gasteiger partial charge >= 0.3 is 5.97 Å². The van der Waals surface area contributed by atoms with Gasteiger partial charge in [-0.2, -0.15) is 0 Å². The molecular formula is C12H14ClNO4S. The van der Waals surface area contributed by atoms with Crippen molar-refractivity contribution in [2.24, 2.45) is 0 Å². The van der Waals surface area contributed by atoms with Gasteiger partial charge in [-0.25, -0.2) is 0 Å². The third-order valence-corrected chi connectivity index (χ3v) is 4.68. The average Bonchev–Trinajstić information content (AvgIpc) is 2.69. The fourth-order valence-electron chi connectivity index (χ4n) is 2.00. The van der Waals surface area contributed by atoms with E-state index in [-0.39, 0.29) is 18.9 Å². The van der Waals surface area contributed by atoms with Gasteiger partial charge in [0.15, 0.2) is 0 Å². The molecule has 1 aromatic heterocycles. The summed E-state index contributed by atoms with van der Waals surface area (Å²) in [6, 6.07) is -0.433. The van der Waals surface area contributed by atoms with Gasteiger partial charge in [0.05, 0.1) is 30.7 Å². The topological polar surface area (TPSA) is 66.8 Å². The van der Waals surface area contributed by atoms with Gasteiger partial charge in [0.1, 0.15) is 4.88 Å². The lowest BCUT2D eigenvalue weighted by Crippen LogP contribution is -2.49. The third kappa shape index (κ3) is 3.08. The summed E-state index contributed by atoms with van der Waals surface area (Å²) in [7, 11) is 0. The maximum Gasteiger partial charge on any atom is 0.305 e. The van der Waals surface area contributed by atoms with Gasteiger partial charge in [0.2, 0.25) is 0 Å². The zero-order chi connectivity index (χ0) is 14.0. The Morgan fingerprint density at radius 3 is 2.95 bits per heavy atom. The van der Waals surface area contributed by atoms with Crippen molar-refractivity contribution < 1.29 is 19.4 Å². The van der Waals surface area contributed by atoms with Crippen molar-refractivity contribution in [3.8, 4) is 0 Å². The minimum Gasteiger partial charge on any atom is -0.481 e. The number of ether oxygens (including phenoxy) is 1. The predicted molar refractivity (Wildman–Crippen MR) is 72.0 cm³/mol. The molecule has 0 saturated carbocycles. The van der Waals surface area contributed by atoms with Gasteiger partial charge < -0.3 is 14.7 Å². The molecule has 1 atom stereocenters. The highest BCUT2D eigenvalue weighted by molar-refractivity contribution is 7.13. The van der Waals surface area contributed by atoms with Crippen molar-refractivity contribution in [1.82, 2.24) is 4.90 Å². The molecule has 0 bridgehead atoms. The fourth-order valence-corrected chi connectivity index (χ4v) is 3.23. The molecule has 19 heavy (non-hydrogen) atoms. The Kier molecular flexibility index (Phi) is 4.44. The number of hydrogen-bond acceptors (Lipinski definition) is 4. The number of aliphatic carboxylic acids is 1. The van der Waals surface area contributed by atoms with Crippen LogP contribution in [-0.4, -0.2) is 47.7 Å². The van der Waals surface area contributed by atoms with Crippen molar-refractivity contribution in [2.75, 3.05) is 19.8 Å². The molecule has 0 spiro atoms. The van der Waals surface area contributed by atoms with E-state index in [0.29, 0.717) is 23.1 Å². The van der Waals surface area contributed by atoms with Crippen LogP contribution in [0, 0.1) is 6.92 Å². The van der Waals surface area contributed by atoms with Crippen molar-refractivity contribution in [2.45, 2.75) is 19.4 Å². The summed E-state index contributed by atoms with van der Waals surface area (Å²) < 4.78 is 5.25. The molecular weight excluding hydrogens is 290 g/mol. The van der Waals surface area contributed by atoms with Gasteiger partial charge in [0.25, 0.3) is 5.91 Å². The normalized spacial score (nSPS) is 19.5. The molecule has 7 heteroatoms. The second-order valence-electron chi connectivity index (χ2n) is 4.39. The highest BCUT2D eigenvalue weighted by atomic mass is 35.5. The van der Waals surface area contributed by atoms with E-state index in [0.717, 1.165) is 5.56 Å². The predicted octanol–water partition coefficient (Wildman–Crippen LogP) is 2.03. The van der Waals surface area contributed by atoms with Gasteiger partial charge in [-0.05, 0) is 17.9 Å². The van der Waals surface area contributed by atoms with Crippen molar-refractivity contribution in [3.05, 3.63) is 20.8 Å². The first kappa shape index (κ1) is 14.3. The Labute approximate surface area is 119 Å². The van der Waals surface area contributed by atoms with Crippen LogP contribution in [0.5, 0.6) is 0 Å². The number of morpholine rings is 1. The number of carbonyl (C=O) groups is 2. The van der Waals surface area contributed by atoms with Crippen LogP contribution in [-0.2, 0) is 9.53 Å². The summed E-state index contributed by atoms with van der Waals surface area (Å²) in [5, 5.41) is 11.2. The van der Waals surface area contributed by atoms with Crippen LogP contribution in [0.2, 0.25) is 5.02 Å². The molecule has 1 aliphatic rings. The first-order valence-corrected chi connectivity index (χ1v) is 7.10. The molecule has 0 radical (unpaired) electrons. The number of rotatable bonds is 3. The van der Waals surface area contributed by atoms with Gasteiger partial charge in [-0.1, -0.05) is 11.6 Å². The lowest BCUT2D eigenvalue weighted by molar-refractivity contribution is -0.139. The Morgan fingerprint density at radius 1 is 1.63 bits per heavy atom. The van der Waals surface area contributed by atoms with E-state index in [2.05, 4.69) is 0 Å². The number of hydrogen-bond donors (Lipinski definition) is 1. The smallest absolute Gasteiger partial charge is 0.305 e. The zero-order valence-corrected chi connectivity index (χ0v) is 12.0. The molecule has 1 saturated heterocycles. The molecule has 1 N–H and O–H groups in total. The Bertz CT molecular complexity index is 502. The van der Waals surface area contributed by atoms with E-state index >= 15 is 0 Å². The van der Waals surface area contributed by atoms with E-state index in [4.69, 9.17) is 21.4 Å². The zero-order valence-electron chi connectivity index (χ0n) is 10.4. The number of nitrogens with zero attached hydrogens (tertiary/aromatic N) is 1. The van der Waals surface area contributed by atoms with Crippen LogP contribution >= 0.6 is 22.9 Å². The summed E-state index contributed by atoms with van der Waals surface area (Å²) in [5.41, 5.74) is 0.859. The first-order chi connectivity index (χ1) is 9.00. The van der Waals surface area contributed by atoms with E-state index in [1.54, 1.807) is 4.90 Å². The van der Waals surface area contributed by atoms with Crippen LogP contribution in [0.3, 0.4) is 0 Å². The number of aryl methyl sites for hydroxylation is 1. The molecule has 2 rings (SSSR count). The van der Waals surface area contributed by atoms with Crippen molar-refractivity contribution in [1.29, 1.82) is 0 Å². The maximum absolute atomic E-state index is 12.4. The second-order valence-corrected chi connectivity index (χ2v) is 5.64. The minimum absolute atomic E-state index is 0.117. The van der Waals surface area contributed by atoms with Crippen LogP contribution in [0.25, 0.3) is 0 Å². The average molecular weight is 304 g/mol. The van der Waals surface area contributed by atoms with Gasteiger partial charge in [-0.3, -0.25) is 9.59 Å². The van der Waals surface area contributed by atoms with E-state index in [1.807, 2.05) is 12.3 Å². The molecule has 0 aromatic carbocycles. The van der Waals surface area contributed by atoms with Crippen LogP contribution in [0.1, 0.15) is 21.7 Å². The molecule has 1 aliphatic heterocycles. The van der Waals surface area contributed by atoms with Crippen LogP contribution in [0.15, 0.2) is 5.38 Å². The molecule has 0 aliphatic carbocycles. The maximum atomic E-state index is 12.4. The van der Waals surface area contributed by atoms with E-state index < -0.39 is 12.0 Å². The number of thiophene rings is 1. The minimum atomic E-state index is -0.943. The van der Waals surface area contributed by atoms with E-state index in [9.17, 15) is 9.59 Å². The number of halogens is 1. The first-order valence-electron chi connectivity index (χ1n) is 5.84. The number of carboxylic acid groups (broad SMARTS) is 1. The van der Waals surface area contributed by atoms with E-state index in [1.165, 1.54) is 11.3 Å². The third-order valence-electron chi connectivity index (χ3n) is 2.99. The van der Waals surface area contributed by atoms with Crippen LogP contribution < -0.4 is 0 Å². The van der Waals surface area contributed by atoms with Crippen molar-refractivity contribution >= 4 is 34.8 Å². The van der Waals surface area contributed by atoms with Gasteiger partial charge in [0, 0.05) is 6.54 Å². The standard InChI is InChI=1S/C12H14ClNO4S/c1-7-6-19-11(10(7)13)12(17)14-2-3-18-5-8(14)4-9(15)16/h6,8H,2-5H2,1H3,(H,15,16). The molecule has 1 aromatic rings. The molecule has 1 fully saturated rings. The lowest BCUT2D eigenvalue weighted by atomic mass is 10.1. The molecule has 104 valence electrons. The number of amides is 1. The molecule has 5 nitrogen and oxygen atoms in total. The Hall–Kier alpha value is -1.11. The summed E-state index contributed by atoms with van der Waals surface area (Å²) >= 11 is 7.38. The molecule has 2 heterocycles. The SMILES string of the molecule is Cc1csc(C(=O)N2CCOCC2CC(=O)O)c1Cl. The summed E-state index contributed by atoms with van der Waals surface area (Å²) in [6.07, 6.45) is -0.117. The fraction of sp³-hybridized carbons (Fsp3) is 0.500. The van der Waals surface area contributed by atoms with Crippen molar-refractivity contribution in [3.63, 3.8) is 0 Å². The highest BCUT2D eigenvalue weighted by Gasteiger charge is 2.31. The lowest BCUT2D eigenvalue weighted by Gasteiger charge is -2.34. The monoisotopic (exact) mass is 303 g/mol. The largest absolute Gasteiger partial charge is 0.481 e. The molecule has 1 unspecified atom stereocenters. The quantitative estimate of drug-likeness (QED) is 0.928. The summed E-state index contributed by atoms with van der Waals surface area (Å²) in [6.45, 7) is 2.90. The summed E-state index contributed by atoms with van der Waals surface area (Å²) in [4.78, 5) is 25.3. The van der Waals surface area contributed by atoms with Crippen LogP contribution in [0.4, 0.5) is 0 Å². The molecule has 1 amide bonds. The number of carbonyl (C=O) groups excluding carboxylic acids is 1. The highest BCUT2D eigenvalue weighted by Crippen LogP contribution is 2.29.